The zero-order valence-electron chi connectivity index (χ0n) is 9.62. The third kappa shape index (κ3) is 4.12. The molecule has 1 aromatic heterocycles. The zero-order valence-corrected chi connectivity index (χ0v) is 12.0. The second-order valence-electron chi connectivity index (χ2n) is 4.33. The number of carbonyl (C=O) groups is 2. The third-order valence-electron chi connectivity index (χ3n) is 2.32. The van der Waals surface area contributed by atoms with Crippen molar-refractivity contribution in [3.63, 3.8) is 0 Å². The van der Waals surface area contributed by atoms with Crippen LogP contribution in [0.15, 0.2) is 15.9 Å². The summed E-state index contributed by atoms with van der Waals surface area (Å²) in [4.78, 5) is 23.5. The number of hydrogen-bond donors (Lipinski definition) is 2. The summed E-state index contributed by atoms with van der Waals surface area (Å²) in [5, 5.41) is 13.5. The normalized spacial score (nSPS) is 11.2. The Morgan fingerprint density at radius 1 is 1.53 bits per heavy atom. The number of carboxylic acid groups (broad SMARTS) is 1. The topological polar surface area (TPSA) is 66.4 Å². The maximum atomic E-state index is 11.6. The molecule has 0 spiro atoms. The summed E-state index contributed by atoms with van der Waals surface area (Å²) in [6.07, 6.45) is -0.0225. The second kappa shape index (κ2) is 5.64. The smallest absolute Gasteiger partial charge is 0.309 e. The second-order valence-corrected chi connectivity index (χ2v) is 6.19. The van der Waals surface area contributed by atoms with Gasteiger partial charge in [0.25, 0.3) is 0 Å². The quantitative estimate of drug-likeness (QED) is 0.876. The van der Waals surface area contributed by atoms with E-state index in [1.54, 1.807) is 0 Å². The molecule has 0 fully saturated rings. The van der Waals surface area contributed by atoms with Crippen molar-refractivity contribution < 1.29 is 14.7 Å². The van der Waals surface area contributed by atoms with Crippen LogP contribution in [0.3, 0.4) is 0 Å². The van der Waals surface area contributed by atoms with E-state index in [-0.39, 0.29) is 12.3 Å². The van der Waals surface area contributed by atoms with Gasteiger partial charge in [-0.05, 0) is 41.2 Å². The molecule has 17 heavy (non-hydrogen) atoms. The van der Waals surface area contributed by atoms with E-state index < -0.39 is 11.4 Å². The van der Waals surface area contributed by atoms with E-state index in [1.165, 1.54) is 25.2 Å². The van der Waals surface area contributed by atoms with E-state index in [9.17, 15) is 9.59 Å². The summed E-state index contributed by atoms with van der Waals surface area (Å²) in [6.45, 7) is 3.50. The number of hydrogen-bond acceptors (Lipinski definition) is 3. The van der Waals surface area contributed by atoms with Gasteiger partial charge in [0, 0.05) is 15.8 Å². The predicted octanol–water partition coefficient (Wildman–Crippen LogP) is 2.63. The standard InChI is InChI=1S/C11H14BrNO3S/c1-11(2,10(15)16)5-9(14)13-6-8-7(12)3-4-17-8/h3-4H,5-6H2,1-2H3,(H,13,14)(H,15,16). The number of aliphatic carboxylic acids is 1. The molecular formula is C11H14BrNO3S. The van der Waals surface area contributed by atoms with E-state index in [0.717, 1.165) is 9.35 Å². The van der Waals surface area contributed by atoms with E-state index in [1.807, 2.05) is 11.4 Å². The lowest BCUT2D eigenvalue weighted by atomic mass is 9.89. The average Bonchev–Trinajstić information content (AvgIpc) is 2.60. The zero-order chi connectivity index (χ0) is 13.1. The van der Waals surface area contributed by atoms with Crippen molar-refractivity contribution in [3.05, 3.63) is 20.8 Å². The van der Waals surface area contributed by atoms with Crippen LogP contribution in [0.25, 0.3) is 0 Å². The highest BCUT2D eigenvalue weighted by atomic mass is 79.9. The number of carboxylic acids is 1. The highest BCUT2D eigenvalue weighted by Gasteiger charge is 2.29. The van der Waals surface area contributed by atoms with Crippen LogP contribution in [-0.4, -0.2) is 17.0 Å². The van der Waals surface area contributed by atoms with Gasteiger partial charge in [0.1, 0.15) is 0 Å². The maximum Gasteiger partial charge on any atom is 0.309 e. The van der Waals surface area contributed by atoms with Crippen LogP contribution < -0.4 is 5.32 Å². The van der Waals surface area contributed by atoms with Crippen LogP contribution in [-0.2, 0) is 16.1 Å². The number of rotatable bonds is 5. The van der Waals surface area contributed by atoms with Crippen LogP contribution in [0.2, 0.25) is 0 Å². The molecule has 0 aromatic carbocycles. The molecule has 1 amide bonds. The minimum Gasteiger partial charge on any atom is -0.481 e. The van der Waals surface area contributed by atoms with E-state index in [0.29, 0.717) is 6.54 Å². The average molecular weight is 320 g/mol. The minimum absolute atomic E-state index is 0.0225. The van der Waals surface area contributed by atoms with Crippen molar-refractivity contribution in [2.45, 2.75) is 26.8 Å². The first-order valence-electron chi connectivity index (χ1n) is 5.05. The molecule has 0 saturated heterocycles. The van der Waals surface area contributed by atoms with Crippen LogP contribution >= 0.6 is 27.3 Å². The van der Waals surface area contributed by atoms with Crippen molar-refractivity contribution in [1.82, 2.24) is 5.32 Å². The van der Waals surface area contributed by atoms with Gasteiger partial charge in [-0.2, -0.15) is 0 Å². The van der Waals surface area contributed by atoms with Gasteiger partial charge < -0.3 is 10.4 Å². The van der Waals surface area contributed by atoms with Crippen molar-refractivity contribution in [2.75, 3.05) is 0 Å². The lowest BCUT2D eigenvalue weighted by molar-refractivity contribution is -0.149. The molecule has 0 saturated carbocycles. The van der Waals surface area contributed by atoms with Crippen LogP contribution in [0.4, 0.5) is 0 Å². The summed E-state index contributed by atoms with van der Waals surface area (Å²) in [5.74, 6) is -1.22. The predicted molar refractivity (Wildman–Crippen MR) is 69.9 cm³/mol. The van der Waals surface area contributed by atoms with Crippen molar-refractivity contribution in [3.8, 4) is 0 Å². The number of nitrogens with one attached hydrogen (secondary N) is 1. The number of carbonyl (C=O) groups excluding carboxylic acids is 1. The highest BCUT2D eigenvalue weighted by Crippen LogP contribution is 2.23. The Kier molecular flexibility index (Phi) is 4.70. The first-order chi connectivity index (χ1) is 7.83. The van der Waals surface area contributed by atoms with Crippen LogP contribution in [0, 0.1) is 5.41 Å². The molecule has 0 aliphatic rings. The van der Waals surface area contributed by atoms with Gasteiger partial charge in [-0.3, -0.25) is 9.59 Å². The van der Waals surface area contributed by atoms with E-state index >= 15 is 0 Å². The number of thiophene rings is 1. The summed E-state index contributed by atoms with van der Waals surface area (Å²) in [5.41, 5.74) is -1.03. The van der Waals surface area contributed by atoms with Crippen molar-refractivity contribution >= 4 is 39.1 Å². The molecule has 0 aliphatic heterocycles. The number of amides is 1. The van der Waals surface area contributed by atoms with Gasteiger partial charge >= 0.3 is 5.97 Å². The van der Waals surface area contributed by atoms with Gasteiger partial charge in [0.2, 0.25) is 5.91 Å². The molecule has 1 heterocycles. The van der Waals surface area contributed by atoms with E-state index in [2.05, 4.69) is 21.2 Å². The molecule has 0 atom stereocenters. The number of halogens is 1. The molecule has 0 aliphatic carbocycles. The first kappa shape index (κ1) is 14.2. The maximum absolute atomic E-state index is 11.6. The van der Waals surface area contributed by atoms with Gasteiger partial charge in [-0.25, -0.2) is 0 Å². The summed E-state index contributed by atoms with van der Waals surface area (Å²) in [6, 6.07) is 1.91. The highest BCUT2D eigenvalue weighted by molar-refractivity contribution is 9.10. The summed E-state index contributed by atoms with van der Waals surface area (Å²) >= 11 is 4.90. The molecule has 1 aromatic rings. The Morgan fingerprint density at radius 2 is 2.18 bits per heavy atom. The lowest BCUT2D eigenvalue weighted by Gasteiger charge is -2.18. The SMILES string of the molecule is CC(C)(CC(=O)NCc1sccc1Br)C(=O)O. The molecule has 1 rings (SSSR count). The van der Waals surface area contributed by atoms with Crippen molar-refractivity contribution in [1.29, 1.82) is 0 Å². The Bertz CT molecular complexity index is 428. The fraction of sp³-hybridized carbons (Fsp3) is 0.455. The molecule has 0 bridgehead atoms. The molecule has 4 nitrogen and oxygen atoms in total. The molecule has 0 radical (unpaired) electrons. The Labute approximate surface area is 112 Å². The minimum atomic E-state index is -1.03. The molecular weight excluding hydrogens is 306 g/mol. The largest absolute Gasteiger partial charge is 0.481 e. The third-order valence-corrected chi connectivity index (χ3v) is 4.24. The fourth-order valence-electron chi connectivity index (χ4n) is 1.17. The monoisotopic (exact) mass is 319 g/mol. The Morgan fingerprint density at radius 3 is 2.65 bits per heavy atom. The van der Waals surface area contributed by atoms with Crippen LogP contribution in [0.5, 0.6) is 0 Å². The Balaban J connectivity index is 2.46. The first-order valence-corrected chi connectivity index (χ1v) is 6.72. The molecule has 0 unspecified atom stereocenters. The molecule has 94 valence electrons. The van der Waals surface area contributed by atoms with Gasteiger partial charge in [-0.15, -0.1) is 11.3 Å². The molecule has 2 N–H and O–H groups in total. The van der Waals surface area contributed by atoms with Crippen molar-refractivity contribution in [2.24, 2.45) is 5.41 Å². The lowest BCUT2D eigenvalue weighted by Crippen LogP contribution is -2.33. The van der Waals surface area contributed by atoms with E-state index in [4.69, 9.17) is 5.11 Å². The summed E-state index contributed by atoms with van der Waals surface area (Å²) < 4.78 is 0.959. The molecule has 6 heteroatoms. The summed E-state index contributed by atoms with van der Waals surface area (Å²) in [7, 11) is 0. The van der Waals surface area contributed by atoms with Gasteiger partial charge in [-0.1, -0.05) is 0 Å². The Hall–Kier alpha value is -0.880. The van der Waals surface area contributed by atoms with Gasteiger partial charge in [0.05, 0.1) is 12.0 Å². The van der Waals surface area contributed by atoms with Gasteiger partial charge in [0.15, 0.2) is 0 Å². The van der Waals surface area contributed by atoms with Crippen LogP contribution in [0.1, 0.15) is 25.1 Å². The fourth-order valence-corrected chi connectivity index (χ4v) is 2.60.